The number of carbonyl (C=O) groups is 1. The Morgan fingerprint density at radius 1 is 1.39 bits per heavy atom. The topological polar surface area (TPSA) is 73.0 Å². The molecule has 0 aliphatic heterocycles. The fraction of sp³-hybridized carbons (Fsp3) is 0.353. The zero-order valence-electron chi connectivity index (χ0n) is 12.7. The number of rotatable bonds is 6. The summed E-state index contributed by atoms with van der Waals surface area (Å²) in [7, 11) is 0. The molecule has 0 unspecified atom stereocenters. The number of nitrogens with one attached hydrogen (secondary N) is 1. The van der Waals surface area contributed by atoms with E-state index in [2.05, 4.69) is 26.1 Å². The summed E-state index contributed by atoms with van der Waals surface area (Å²) in [5, 5.41) is 7.86. The van der Waals surface area contributed by atoms with Gasteiger partial charge in [-0.2, -0.15) is 0 Å². The second-order valence-corrected chi connectivity index (χ2v) is 5.92. The standard InChI is InChI=1S/C17H18N4O2/c22-17(14-11-15(23-20-14)12-4-5-12)19-8-2-9-21-10-6-13-3-1-7-18-16(13)21/h1,3,6-7,10-12H,2,4-5,8-9H2,(H,19,22). The first-order valence-corrected chi connectivity index (χ1v) is 7.96. The van der Waals surface area contributed by atoms with E-state index in [0.29, 0.717) is 18.2 Å². The molecule has 3 aromatic heterocycles. The van der Waals surface area contributed by atoms with E-state index in [4.69, 9.17) is 4.52 Å². The fourth-order valence-electron chi connectivity index (χ4n) is 2.70. The molecule has 0 spiro atoms. The Kier molecular flexibility index (Phi) is 3.57. The summed E-state index contributed by atoms with van der Waals surface area (Å²) in [5.41, 5.74) is 1.35. The van der Waals surface area contributed by atoms with Gasteiger partial charge in [0.05, 0.1) is 0 Å². The quantitative estimate of drug-likeness (QED) is 0.711. The smallest absolute Gasteiger partial charge is 0.273 e. The molecule has 6 nitrogen and oxygen atoms in total. The van der Waals surface area contributed by atoms with Gasteiger partial charge in [-0.3, -0.25) is 4.79 Å². The Morgan fingerprint density at radius 2 is 2.30 bits per heavy atom. The van der Waals surface area contributed by atoms with Gasteiger partial charge in [0.2, 0.25) is 0 Å². The molecule has 4 rings (SSSR count). The van der Waals surface area contributed by atoms with Crippen molar-refractivity contribution in [1.29, 1.82) is 0 Å². The summed E-state index contributed by atoms with van der Waals surface area (Å²) in [4.78, 5) is 16.4. The molecule has 3 aromatic rings. The average molecular weight is 310 g/mol. The molecule has 0 saturated heterocycles. The number of nitrogens with zero attached hydrogens (tertiary/aromatic N) is 3. The molecule has 6 heteroatoms. The number of hydrogen-bond acceptors (Lipinski definition) is 4. The van der Waals surface area contributed by atoms with E-state index in [1.807, 2.05) is 18.3 Å². The molecule has 1 aliphatic rings. The van der Waals surface area contributed by atoms with E-state index in [9.17, 15) is 4.79 Å². The van der Waals surface area contributed by atoms with Crippen molar-refractivity contribution in [2.75, 3.05) is 6.54 Å². The lowest BCUT2D eigenvalue weighted by molar-refractivity contribution is 0.0943. The number of carbonyl (C=O) groups excluding carboxylic acids is 1. The van der Waals surface area contributed by atoms with Crippen molar-refractivity contribution < 1.29 is 9.32 Å². The van der Waals surface area contributed by atoms with Crippen LogP contribution in [0.4, 0.5) is 0 Å². The van der Waals surface area contributed by atoms with Gasteiger partial charge in [0.1, 0.15) is 11.4 Å². The minimum absolute atomic E-state index is 0.170. The largest absolute Gasteiger partial charge is 0.360 e. The maximum absolute atomic E-state index is 12.0. The molecule has 0 aromatic carbocycles. The van der Waals surface area contributed by atoms with Crippen molar-refractivity contribution in [3.8, 4) is 0 Å². The maximum atomic E-state index is 12.0. The van der Waals surface area contributed by atoms with Gasteiger partial charge < -0.3 is 14.4 Å². The van der Waals surface area contributed by atoms with Gasteiger partial charge in [-0.05, 0) is 37.5 Å². The molecule has 1 N–H and O–H groups in total. The lowest BCUT2D eigenvalue weighted by Gasteiger charge is -2.05. The zero-order valence-corrected chi connectivity index (χ0v) is 12.7. The van der Waals surface area contributed by atoms with Crippen LogP contribution in [0.15, 0.2) is 41.2 Å². The van der Waals surface area contributed by atoms with Gasteiger partial charge in [-0.15, -0.1) is 0 Å². The monoisotopic (exact) mass is 310 g/mol. The second kappa shape index (κ2) is 5.87. The molecule has 1 saturated carbocycles. The molecule has 118 valence electrons. The van der Waals surface area contributed by atoms with Crippen molar-refractivity contribution in [3.63, 3.8) is 0 Å². The third-order valence-electron chi connectivity index (χ3n) is 4.13. The fourth-order valence-corrected chi connectivity index (χ4v) is 2.70. The Hall–Kier alpha value is -2.63. The molecule has 0 atom stereocenters. The molecular formula is C17H18N4O2. The third kappa shape index (κ3) is 2.97. The summed E-state index contributed by atoms with van der Waals surface area (Å²) < 4.78 is 7.30. The number of aryl methyl sites for hydroxylation is 1. The molecule has 3 heterocycles. The van der Waals surface area contributed by atoms with Gasteiger partial charge in [0, 0.05) is 42.9 Å². The number of aromatic nitrogens is 3. The highest BCUT2D eigenvalue weighted by Gasteiger charge is 2.28. The first kappa shape index (κ1) is 14.0. The number of amides is 1. The van der Waals surface area contributed by atoms with Crippen LogP contribution in [0.2, 0.25) is 0 Å². The zero-order chi connectivity index (χ0) is 15.6. The van der Waals surface area contributed by atoms with Crippen LogP contribution in [0.25, 0.3) is 11.0 Å². The summed E-state index contributed by atoms with van der Waals surface area (Å²) in [5.74, 6) is 1.13. The van der Waals surface area contributed by atoms with Crippen LogP contribution in [-0.2, 0) is 6.54 Å². The Labute approximate surface area is 133 Å². The highest BCUT2D eigenvalue weighted by molar-refractivity contribution is 5.92. The molecular weight excluding hydrogens is 292 g/mol. The van der Waals surface area contributed by atoms with Crippen LogP contribution in [0, 0.1) is 0 Å². The molecule has 23 heavy (non-hydrogen) atoms. The van der Waals surface area contributed by atoms with Gasteiger partial charge in [-0.25, -0.2) is 4.98 Å². The summed E-state index contributed by atoms with van der Waals surface area (Å²) in [6.45, 7) is 1.41. The van der Waals surface area contributed by atoms with Crippen LogP contribution in [0.1, 0.15) is 41.4 Å². The molecule has 1 fully saturated rings. The van der Waals surface area contributed by atoms with Crippen molar-refractivity contribution in [2.45, 2.75) is 31.7 Å². The molecule has 1 amide bonds. The number of hydrogen-bond donors (Lipinski definition) is 1. The minimum Gasteiger partial charge on any atom is -0.360 e. The Balaban J connectivity index is 1.28. The van der Waals surface area contributed by atoms with Crippen LogP contribution in [-0.4, -0.2) is 27.2 Å². The van der Waals surface area contributed by atoms with E-state index < -0.39 is 0 Å². The van der Waals surface area contributed by atoms with Crippen LogP contribution >= 0.6 is 0 Å². The van der Waals surface area contributed by atoms with Crippen LogP contribution < -0.4 is 5.32 Å². The van der Waals surface area contributed by atoms with E-state index in [0.717, 1.165) is 42.6 Å². The predicted octanol–water partition coefficient (Wildman–Crippen LogP) is 2.72. The lowest BCUT2D eigenvalue weighted by atomic mass is 10.3. The van der Waals surface area contributed by atoms with Gasteiger partial charge in [0.15, 0.2) is 5.69 Å². The Morgan fingerprint density at radius 3 is 3.17 bits per heavy atom. The molecule has 1 aliphatic carbocycles. The van der Waals surface area contributed by atoms with Gasteiger partial charge in [0.25, 0.3) is 5.91 Å². The normalized spacial score (nSPS) is 14.3. The first-order chi connectivity index (χ1) is 11.3. The number of fused-ring (bicyclic) bond motifs is 1. The van der Waals surface area contributed by atoms with Crippen LogP contribution in [0.3, 0.4) is 0 Å². The van der Waals surface area contributed by atoms with E-state index in [1.54, 1.807) is 12.3 Å². The molecule has 0 radical (unpaired) electrons. The highest BCUT2D eigenvalue weighted by atomic mass is 16.5. The van der Waals surface area contributed by atoms with Crippen molar-refractivity contribution in [2.24, 2.45) is 0 Å². The summed E-state index contributed by atoms with van der Waals surface area (Å²) in [6, 6.07) is 7.79. The van der Waals surface area contributed by atoms with E-state index in [-0.39, 0.29) is 5.91 Å². The van der Waals surface area contributed by atoms with E-state index in [1.165, 1.54) is 0 Å². The Bertz CT molecular complexity index is 832. The van der Waals surface area contributed by atoms with Gasteiger partial charge >= 0.3 is 0 Å². The second-order valence-electron chi connectivity index (χ2n) is 5.92. The van der Waals surface area contributed by atoms with Crippen LogP contribution in [0.5, 0.6) is 0 Å². The summed E-state index contributed by atoms with van der Waals surface area (Å²) >= 11 is 0. The lowest BCUT2D eigenvalue weighted by Crippen LogP contribution is -2.25. The average Bonchev–Trinajstić information content (AvgIpc) is 3.17. The van der Waals surface area contributed by atoms with Crippen molar-refractivity contribution in [1.82, 2.24) is 20.0 Å². The van der Waals surface area contributed by atoms with Gasteiger partial charge in [-0.1, -0.05) is 5.16 Å². The van der Waals surface area contributed by atoms with Crippen molar-refractivity contribution >= 4 is 16.9 Å². The first-order valence-electron chi connectivity index (χ1n) is 7.96. The predicted molar refractivity (Wildman–Crippen MR) is 85.2 cm³/mol. The van der Waals surface area contributed by atoms with E-state index >= 15 is 0 Å². The highest BCUT2D eigenvalue weighted by Crippen LogP contribution is 2.40. The minimum atomic E-state index is -0.170. The number of pyridine rings is 1. The maximum Gasteiger partial charge on any atom is 0.273 e. The molecule has 0 bridgehead atoms. The SMILES string of the molecule is O=C(NCCCn1ccc2cccnc21)c1cc(C2CC2)on1. The summed E-state index contributed by atoms with van der Waals surface area (Å²) in [6.07, 6.45) is 6.92. The third-order valence-corrected chi connectivity index (χ3v) is 4.13. The van der Waals surface area contributed by atoms with Crippen molar-refractivity contribution in [3.05, 3.63) is 48.1 Å².